The Morgan fingerprint density at radius 3 is 2.55 bits per heavy atom. The summed E-state index contributed by atoms with van der Waals surface area (Å²) in [7, 11) is 1.65. The Kier molecular flexibility index (Phi) is 6.28. The summed E-state index contributed by atoms with van der Waals surface area (Å²) in [5.41, 5.74) is 4.76. The second kappa shape index (κ2) is 9.10. The van der Waals surface area contributed by atoms with Gasteiger partial charge in [-0.05, 0) is 66.3 Å². The lowest BCUT2D eigenvalue weighted by Crippen LogP contribution is -2.45. The van der Waals surface area contributed by atoms with Crippen molar-refractivity contribution < 1.29 is 13.9 Å². The third-order valence-electron chi connectivity index (χ3n) is 5.92. The van der Waals surface area contributed by atoms with Crippen molar-refractivity contribution in [3.05, 3.63) is 86.4 Å². The molecular weight excluding hydrogens is 411 g/mol. The summed E-state index contributed by atoms with van der Waals surface area (Å²) in [6.07, 6.45) is 1.86. The first-order valence-electron chi connectivity index (χ1n) is 10.6. The van der Waals surface area contributed by atoms with Gasteiger partial charge in [-0.1, -0.05) is 31.2 Å². The molecule has 0 saturated carbocycles. The van der Waals surface area contributed by atoms with Crippen LogP contribution in [0, 0.1) is 12.7 Å². The number of thiophene rings is 1. The summed E-state index contributed by atoms with van der Waals surface area (Å²) in [6, 6.07) is 13.9. The van der Waals surface area contributed by atoms with Crippen molar-refractivity contribution in [3.63, 3.8) is 0 Å². The molecule has 1 atom stereocenters. The number of carbonyl (C=O) groups is 1. The molecule has 1 aliphatic heterocycles. The number of benzene rings is 2. The third kappa shape index (κ3) is 4.30. The number of urea groups is 1. The molecule has 0 radical (unpaired) electrons. The first-order valence-corrected chi connectivity index (χ1v) is 11.4. The molecule has 1 aromatic heterocycles. The van der Waals surface area contributed by atoms with Crippen LogP contribution in [0.15, 0.2) is 48.5 Å². The van der Waals surface area contributed by atoms with Crippen LogP contribution >= 0.6 is 11.3 Å². The Labute approximate surface area is 186 Å². The standard InChI is InChI=1S/C25H27FN2O2S/c1-4-21-16(2)31-24-22(21)13-14-28(23(24)18-7-11-20(30-3)12-8-18)25(29)27-15-17-5-9-19(26)10-6-17/h5-12,23H,4,13-15H2,1-3H3,(H,27,29)/t23-/m0/s1. The highest BCUT2D eigenvalue weighted by atomic mass is 32.1. The van der Waals surface area contributed by atoms with Gasteiger partial charge in [-0.25, -0.2) is 9.18 Å². The maximum Gasteiger partial charge on any atom is 0.318 e. The largest absolute Gasteiger partial charge is 0.497 e. The van der Waals surface area contributed by atoms with Crippen molar-refractivity contribution in [3.8, 4) is 5.75 Å². The molecule has 6 heteroatoms. The second-order valence-electron chi connectivity index (χ2n) is 7.74. The number of aryl methyl sites for hydroxylation is 1. The number of carbonyl (C=O) groups excluding carboxylic acids is 1. The minimum Gasteiger partial charge on any atom is -0.497 e. The van der Waals surface area contributed by atoms with Gasteiger partial charge in [0, 0.05) is 22.8 Å². The van der Waals surface area contributed by atoms with Crippen LogP contribution in [0.5, 0.6) is 5.75 Å². The molecule has 31 heavy (non-hydrogen) atoms. The summed E-state index contributed by atoms with van der Waals surface area (Å²) < 4.78 is 18.5. The predicted octanol–water partition coefficient (Wildman–Crippen LogP) is 5.62. The van der Waals surface area contributed by atoms with Gasteiger partial charge in [-0.3, -0.25) is 0 Å². The van der Waals surface area contributed by atoms with Crippen LogP contribution in [-0.4, -0.2) is 24.6 Å². The molecule has 1 N–H and O–H groups in total. The van der Waals surface area contributed by atoms with Crippen LogP contribution in [0.3, 0.4) is 0 Å². The average Bonchev–Trinajstić information content (AvgIpc) is 3.12. The van der Waals surface area contributed by atoms with Crippen molar-refractivity contribution in [2.75, 3.05) is 13.7 Å². The van der Waals surface area contributed by atoms with E-state index >= 15 is 0 Å². The highest BCUT2D eigenvalue weighted by Gasteiger charge is 2.35. The van der Waals surface area contributed by atoms with Gasteiger partial charge in [0.15, 0.2) is 0 Å². The molecule has 0 bridgehead atoms. The van der Waals surface area contributed by atoms with Gasteiger partial charge in [0.2, 0.25) is 0 Å². The lowest BCUT2D eigenvalue weighted by Gasteiger charge is -2.36. The van der Waals surface area contributed by atoms with Gasteiger partial charge in [0.25, 0.3) is 0 Å². The van der Waals surface area contributed by atoms with Crippen LogP contribution in [0.4, 0.5) is 9.18 Å². The zero-order valence-corrected chi connectivity index (χ0v) is 18.9. The van der Waals surface area contributed by atoms with Gasteiger partial charge in [0.1, 0.15) is 11.6 Å². The van der Waals surface area contributed by atoms with E-state index in [4.69, 9.17) is 4.74 Å². The van der Waals surface area contributed by atoms with Gasteiger partial charge in [-0.2, -0.15) is 0 Å². The third-order valence-corrected chi connectivity index (χ3v) is 7.16. The van der Waals surface area contributed by atoms with Crippen molar-refractivity contribution >= 4 is 17.4 Å². The SMILES string of the molecule is CCc1c(C)sc2c1CCN(C(=O)NCc1ccc(F)cc1)[C@H]2c1ccc(OC)cc1. The zero-order chi connectivity index (χ0) is 22.0. The number of amides is 2. The number of ether oxygens (including phenoxy) is 1. The highest BCUT2D eigenvalue weighted by molar-refractivity contribution is 7.12. The smallest absolute Gasteiger partial charge is 0.318 e. The number of methoxy groups -OCH3 is 1. The number of nitrogens with one attached hydrogen (secondary N) is 1. The van der Waals surface area contributed by atoms with Crippen molar-refractivity contribution in [1.29, 1.82) is 0 Å². The summed E-state index contributed by atoms with van der Waals surface area (Å²) in [5, 5.41) is 3.02. The van der Waals surface area contributed by atoms with Crippen LogP contribution in [0.2, 0.25) is 0 Å². The Bertz CT molecular complexity index is 1060. The van der Waals surface area contributed by atoms with E-state index in [1.807, 2.05) is 29.2 Å². The molecule has 0 spiro atoms. The fourth-order valence-electron chi connectivity index (χ4n) is 4.33. The predicted molar refractivity (Wildman–Crippen MR) is 122 cm³/mol. The maximum absolute atomic E-state index is 13.2. The van der Waals surface area contributed by atoms with Gasteiger partial charge in [-0.15, -0.1) is 11.3 Å². The summed E-state index contributed by atoms with van der Waals surface area (Å²) >= 11 is 1.80. The highest BCUT2D eigenvalue weighted by Crippen LogP contribution is 2.43. The van der Waals surface area contributed by atoms with E-state index in [-0.39, 0.29) is 17.9 Å². The van der Waals surface area contributed by atoms with E-state index in [0.29, 0.717) is 13.1 Å². The van der Waals surface area contributed by atoms with E-state index < -0.39 is 0 Å². The summed E-state index contributed by atoms with van der Waals surface area (Å²) in [6.45, 7) is 5.38. The van der Waals surface area contributed by atoms with E-state index in [0.717, 1.165) is 29.7 Å². The molecule has 0 unspecified atom stereocenters. The van der Waals surface area contributed by atoms with Crippen LogP contribution in [0.1, 0.15) is 45.0 Å². The van der Waals surface area contributed by atoms with Gasteiger partial charge in [0.05, 0.1) is 13.2 Å². The fourth-order valence-corrected chi connectivity index (χ4v) is 5.77. The van der Waals surface area contributed by atoms with Crippen LogP contribution in [0.25, 0.3) is 0 Å². The van der Waals surface area contributed by atoms with Crippen LogP contribution < -0.4 is 10.1 Å². The molecule has 1 aliphatic rings. The molecule has 4 rings (SSSR count). The number of nitrogens with zero attached hydrogens (tertiary/aromatic N) is 1. The molecule has 3 aromatic rings. The van der Waals surface area contributed by atoms with E-state index in [1.165, 1.54) is 33.0 Å². The average molecular weight is 439 g/mol. The Morgan fingerprint density at radius 2 is 1.90 bits per heavy atom. The Morgan fingerprint density at radius 1 is 1.19 bits per heavy atom. The van der Waals surface area contributed by atoms with Crippen molar-refractivity contribution in [2.24, 2.45) is 0 Å². The summed E-state index contributed by atoms with van der Waals surface area (Å²) in [4.78, 5) is 17.7. The summed E-state index contributed by atoms with van der Waals surface area (Å²) in [5.74, 6) is 0.515. The quantitative estimate of drug-likeness (QED) is 0.561. The van der Waals surface area contributed by atoms with E-state index in [2.05, 4.69) is 19.2 Å². The Hall–Kier alpha value is -2.86. The lowest BCUT2D eigenvalue weighted by molar-refractivity contribution is 0.181. The van der Waals surface area contributed by atoms with Crippen LogP contribution in [-0.2, 0) is 19.4 Å². The number of halogens is 1. The maximum atomic E-state index is 13.2. The van der Waals surface area contributed by atoms with Gasteiger partial charge < -0.3 is 15.0 Å². The second-order valence-corrected chi connectivity index (χ2v) is 8.99. The number of fused-ring (bicyclic) bond motifs is 1. The molecule has 0 aliphatic carbocycles. The topological polar surface area (TPSA) is 41.6 Å². The van der Waals surface area contributed by atoms with E-state index in [1.54, 1.807) is 30.6 Å². The zero-order valence-electron chi connectivity index (χ0n) is 18.1. The van der Waals surface area contributed by atoms with Gasteiger partial charge >= 0.3 is 6.03 Å². The molecule has 162 valence electrons. The molecule has 0 fully saturated rings. The molecule has 2 amide bonds. The number of hydrogen-bond donors (Lipinski definition) is 1. The Balaban J connectivity index is 1.64. The first-order chi connectivity index (χ1) is 15.0. The number of rotatable bonds is 5. The molecule has 0 saturated heterocycles. The molecule has 2 heterocycles. The minimum absolute atomic E-state index is 0.111. The van der Waals surface area contributed by atoms with Crippen molar-refractivity contribution in [1.82, 2.24) is 10.2 Å². The lowest BCUT2D eigenvalue weighted by atomic mass is 9.92. The minimum atomic E-state index is -0.280. The molecule has 2 aromatic carbocycles. The molecular formula is C25H27FN2O2S. The molecule has 4 nitrogen and oxygen atoms in total. The van der Waals surface area contributed by atoms with E-state index in [9.17, 15) is 9.18 Å². The van der Waals surface area contributed by atoms with Crippen molar-refractivity contribution in [2.45, 2.75) is 39.3 Å². The monoisotopic (exact) mass is 438 g/mol. The fraction of sp³-hybridized carbons (Fsp3) is 0.320. The normalized spacial score (nSPS) is 15.5. The number of hydrogen-bond acceptors (Lipinski definition) is 3. The first kappa shape index (κ1) is 21.4.